The van der Waals surface area contributed by atoms with Gasteiger partial charge in [0.15, 0.2) is 5.79 Å². The molecule has 16 heavy (non-hydrogen) atoms. The van der Waals surface area contributed by atoms with E-state index in [1.807, 2.05) is 26.8 Å². The molecule has 0 saturated carbocycles. The lowest BCUT2D eigenvalue weighted by Gasteiger charge is -2.36. The lowest BCUT2D eigenvalue weighted by Crippen LogP contribution is -2.41. The van der Waals surface area contributed by atoms with Gasteiger partial charge in [-0.1, -0.05) is 12.2 Å². The smallest absolute Gasteiger partial charge is 0.163 e. The zero-order chi connectivity index (χ0) is 12.0. The fourth-order valence-electron chi connectivity index (χ4n) is 1.97. The first-order valence-electron chi connectivity index (χ1n) is 6.14. The highest BCUT2D eigenvalue weighted by atomic mass is 16.7. The van der Waals surface area contributed by atoms with Crippen molar-refractivity contribution in [1.82, 2.24) is 0 Å². The van der Waals surface area contributed by atoms with Gasteiger partial charge in [0.1, 0.15) is 0 Å². The summed E-state index contributed by atoms with van der Waals surface area (Å²) < 4.78 is 11.2. The first-order valence-corrected chi connectivity index (χ1v) is 6.14. The molecule has 1 N–H and O–H groups in total. The molecule has 1 aliphatic rings. The first-order chi connectivity index (χ1) is 7.53. The fraction of sp³-hybridized carbons (Fsp3) is 0.846. The molecule has 0 aliphatic carbocycles. The van der Waals surface area contributed by atoms with Crippen LogP contribution in [0.5, 0.6) is 0 Å². The summed E-state index contributed by atoms with van der Waals surface area (Å²) in [5, 5.41) is 9.84. The predicted molar refractivity (Wildman–Crippen MR) is 64.2 cm³/mol. The van der Waals surface area contributed by atoms with Gasteiger partial charge in [0, 0.05) is 0 Å². The van der Waals surface area contributed by atoms with Gasteiger partial charge < -0.3 is 14.6 Å². The van der Waals surface area contributed by atoms with Crippen molar-refractivity contribution in [3.63, 3.8) is 0 Å². The Hall–Kier alpha value is -0.380. The van der Waals surface area contributed by atoms with E-state index in [0.29, 0.717) is 6.42 Å². The third kappa shape index (κ3) is 5.10. The minimum Gasteiger partial charge on any atom is -0.393 e. The molecule has 2 atom stereocenters. The molecule has 0 aromatic rings. The molecule has 0 spiro atoms. The lowest BCUT2D eigenvalue weighted by atomic mass is 10.0. The minimum atomic E-state index is -0.494. The van der Waals surface area contributed by atoms with Crippen molar-refractivity contribution in [3.05, 3.63) is 12.2 Å². The Morgan fingerprint density at radius 2 is 2.25 bits per heavy atom. The molecule has 1 saturated heterocycles. The normalized spacial score (nSPS) is 27.1. The van der Waals surface area contributed by atoms with E-state index in [9.17, 15) is 5.11 Å². The number of hydrogen-bond donors (Lipinski definition) is 1. The summed E-state index contributed by atoms with van der Waals surface area (Å²) in [5.41, 5.74) is 0. The molecular weight excluding hydrogens is 204 g/mol. The van der Waals surface area contributed by atoms with Gasteiger partial charge in [0.2, 0.25) is 0 Å². The zero-order valence-electron chi connectivity index (χ0n) is 10.6. The Balaban J connectivity index is 2.25. The highest BCUT2D eigenvalue weighted by Crippen LogP contribution is 2.25. The summed E-state index contributed by atoms with van der Waals surface area (Å²) in [4.78, 5) is 0. The monoisotopic (exact) mass is 228 g/mol. The highest BCUT2D eigenvalue weighted by Gasteiger charge is 2.30. The lowest BCUT2D eigenvalue weighted by molar-refractivity contribution is -0.276. The van der Waals surface area contributed by atoms with E-state index in [1.54, 1.807) is 0 Å². The standard InChI is InChI=1S/C13H24O3/c1-4-5-6-7-11(14)10-12-8-9-15-13(2,3)16-12/h4-5,11-12,14H,6-10H2,1-3H3/b5-4+/t11?,12-/m1/s1. The van der Waals surface area contributed by atoms with Gasteiger partial charge in [-0.15, -0.1) is 0 Å². The van der Waals surface area contributed by atoms with Gasteiger partial charge in [0.05, 0.1) is 18.8 Å². The largest absolute Gasteiger partial charge is 0.393 e. The molecule has 0 aromatic carbocycles. The van der Waals surface area contributed by atoms with Crippen molar-refractivity contribution in [2.45, 2.75) is 64.4 Å². The Kier molecular flexibility index (Phi) is 5.46. The number of hydrogen-bond acceptors (Lipinski definition) is 3. The van der Waals surface area contributed by atoms with Crippen molar-refractivity contribution in [2.75, 3.05) is 6.61 Å². The van der Waals surface area contributed by atoms with Crippen molar-refractivity contribution in [2.24, 2.45) is 0 Å². The van der Waals surface area contributed by atoms with Crippen molar-refractivity contribution >= 4 is 0 Å². The van der Waals surface area contributed by atoms with Crippen LogP contribution in [0.1, 0.15) is 46.5 Å². The van der Waals surface area contributed by atoms with E-state index in [-0.39, 0.29) is 12.2 Å². The van der Waals surface area contributed by atoms with E-state index in [1.165, 1.54) is 0 Å². The zero-order valence-corrected chi connectivity index (χ0v) is 10.6. The Labute approximate surface area is 98.4 Å². The number of ether oxygens (including phenoxy) is 2. The number of aliphatic hydroxyl groups is 1. The molecule has 1 rings (SSSR count). The summed E-state index contributed by atoms with van der Waals surface area (Å²) >= 11 is 0. The van der Waals surface area contributed by atoms with E-state index in [0.717, 1.165) is 25.9 Å². The molecule has 1 aliphatic heterocycles. The van der Waals surface area contributed by atoms with Crippen molar-refractivity contribution < 1.29 is 14.6 Å². The third-order valence-electron chi connectivity index (χ3n) is 2.78. The van der Waals surface area contributed by atoms with Crippen LogP contribution in [0.3, 0.4) is 0 Å². The molecule has 0 aromatic heterocycles. The van der Waals surface area contributed by atoms with Crippen LogP contribution in [0.4, 0.5) is 0 Å². The van der Waals surface area contributed by atoms with Gasteiger partial charge in [-0.25, -0.2) is 0 Å². The molecule has 1 unspecified atom stereocenters. The second-order valence-corrected chi connectivity index (χ2v) is 4.81. The van der Waals surface area contributed by atoms with Gasteiger partial charge in [-0.05, 0) is 46.5 Å². The summed E-state index contributed by atoms with van der Waals surface area (Å²) in [6, 6.07) is 0. The molecular formula is C13H24O3. The third-order valence-corrected chi connectivity index (χ3v) is 2.78. The summed E-state index contributed by atoms with van der Waals surface area (Å²) in [7, 11) is 0. The second-order valence-electron chi connectivity index (χ2n) is 4.81. The maximum absolute atomic E-state index is 9.84. The first kappa shape index (κ1) is 13.7. The summed E-state index contributed by atoms with van der Waals surface area (Å²) in [5.74, 6) is -0.494. The number of allylic oxidation sites excluding steroid dienone is 2. The molecule has 1 heterocycles. The van der Waals surface area contributed by atoms with Crippen LogP contribution in [-0.4, -0.2) is 29.7 Å². The summed E-state index contributed by atoms with van der Waals surface area (Å²) in [6.07, 6.45) is 7.29. The van der Waals surface area contributed by atoms with Crippen LogP contribution in [-0.2, 0) is 9.47 Å². The van der Waals surface area contributed by atoms with Crippen LogP contribution >= 0.6 is 0 Å². The van der Waals surface area contributed by atoms with Crippen LogP contribution in [0.15, 0.2) is 12.2 Å². The van der Waals surface area contributed by atoms with Gasteiger partial charge in [-0.3, -0.25) is 0 Å². The van der Waals surface area contributed by atoms with Crippen LogP contribution in [0, 0.1) is 0 Å². The molecule has 0 bridgehead atoms. The Morgan fingerprint density at radius 1 is 1.50 bits per heavy atom. The Bertz CT molecular complexity index is 223. The maximum Gasteiger partial charge on any atom is 0.163 e. The average molecular weight is 228 g/mol. The van der Waals surface area contributed by atoms with Gasteiger partial charge in [-0.2, -0.15) is 0 Å². The molecule has 94 valence electrons. The Morgan fingerprint density at radius 3 is 2.88 bits per heavy atom. The van der Waals surface area contributed by atoms with Gasteiger partial charge in [0.25, 0.3) is 0 Å². The average Bonchev–Trinajstić information content (AvgIpc) is 2.16. The van der Waals surface area contributed by atoms with Crippen molar-refractivity contribution in [3.8, 4) is 0 Å². The van der Waals surface area contributed by atoms with Crippen LogP contribution in [0.2, 0.25) is 0 Å². The quantitative estimate of drug-likeness (QED) is 0.735. The molecule has 3 nitrogen and oxygen atoms in total. The van der Waals surface area contributed by atoms with E-state index >= 15 is 0 Å². The van der Waals surface area contributed by atoms with E-state index in [4.69, 9.17) is 9.47 Å². The number of aliphatic hydroxyl groups excluding tert-OH is 1. The maximum atomic E-state index is 9.84. The number of rotatable bonds is 5. The molecule has 0 radical (unpaired) electrons. The topological polar surface area (TPSA) is 38.7 Å². The minimum absolute atomic E-state index is 0.129. The summed E-state index contributed by atoms with van der Waals surface area (Å²) in [6.45, 7) is 6.56. The SMILES string of the molecule is C/C=C/CCC(O)C[C@H]1CCOC(C)(C)O1. The van der Waals surface area contributed by atoms with E-state index < -0.39 is 5.79 Å². The fourth-order valence-corrected chi connectivity index (χ4v) is 1.97. The van der Waals surface area contributed by atoms with E-state index in [2.05, 4.69) is 6.08 Å². The van der Waals surface area contributed by atoms with Gasteiger partial charge >= 0.3 is 0 Å². The molecule has 0 amide bonds. The molecule has 3 heteroatoms. The predicted octanol–water partition coefficient (Wildman–Crippen LogP) is 2.64. The van der Waals surface area contributed by atoms with Crippen LogP contribution in [0.25, 0.3) is 0 Å². The molecule has 1 fully saturated rings. The van der Waals surface area contributed by atoms with Crippen molar-refractivity contribution in [1.29, 1.82) is 0 Å². The highest BCUT2D eigenvalue weighted by molar-refractivity contribution is 4.79. The van der Waals surface area contributed by atoms with Crippen LogP contribution < -0.4 is 0 Å². The second kappa shape index (κ2) is 6.38.